The van der Waals surface area contributed by atoms with E-state index in [-0.39, 0.29) is 0 Å². The molecule has 2 rings (SSSR count). The number of benzene rings is 1. The van der Waals surface area contributed by atoms with Crippen LogP contribution in [-0.4, -0.2) is 6.61 Å². The smallest absolute Gasteiger partial charge is 0.119 e. The lowest BCUT2D eigenvalue weighted by Gasteiger charge is -2.13. The van der Waals surface area contributed by atoms with Gasteiger partial charge in [0.25, 0.3) is 0 Å². The topological polar surface area (TPSA) is 9.23 Å². The molecular formula is C15H16O. The summed E-state index contributed by atoms with van der Waals surface area (Å²) in [6, 6.07) is 8.30. The van der Waals surface area contributed by atoms with Crippen LogP contribution in [0.25, 0.3) is 0 Å². The van der Waals surface area contributed by atoms with Gasteiger partial charge in [-0.1, -0.05) is 49.1 Å². The predicted octanol–water partition coefficient (Wildman–Crippen LogP) is 3.85. The molecule has 1 unspecified atom stereocenters. The van der Waals surface area contributed by atoms with Crippen molar-refractivity contribution in [3.05, 3.63) is 66.8 Å². The number of ether oxygens (including phenoxy) is 1. The van der Waals surface area contributed by atoms with Gasteiger partial charge in [0.2, 0.25) is 0 Å². The lowest BCUT2D eigenvalue weighted by Crippen LogP contribution is -1.97. The Hall–Kier alpha value is -1.76. The maximum absolute atomic E-state index is 5.45. The van der Waals surface area contributed by atoms with Crippen molar-refractivity contribution in [3.8, 4) is 5.75 Å². The highest BCUT2D eigenvalue weighted by molar-refractivity contribution is 5.33. The van der Waals surface area contributed by atoms with Crippen molar-refractivity contribution in [2.75, 3.05) is 6.61 Å². The van der Waals surface area contributed by atoms with Gasteiger partial charge in [0.15, 0.2) is 0 Å². The van der Waals surface area contributed by atoms with Gasteiger partial charge < -0.3 is 4.74 Å². The Labute approximate surface area is 96.8 Å². The standard InChI is InChI=1S/C15H16O/c1-2-12-16-15-10-8-14(9-11-15)13-6-4-3-5-7-13/h2-6,8-11,13H,1,7,12H2. The number of allylic oxidation sites excluding steroid dienone is 4. The van der Waals surface area contributed by atoms with E-state index in [0.717, 1.165) is 12.2 Å². The lowest BCUT2D eigenvalue weighted by atomic mass is 9.93. The van der Waals surface area contributed by atoms with E-state index in [1.54, 1.807) is 6.08 Å². The molecule has 1 aliphatic rings. The average Bonchev–Trinajstić information content (AvgIpc) is 2.38. The molecule has 1 atom stereocenters. The Morgan fingerprint density at radius 1 is 1.25 bits per heavy atom. The molecule has 0 bridgehead atoms. The summed E-state index contributed by atoms with van der Waals surface area (Å²) in [5.74, 6) is 1.41. The number of rotatable bonds is 4. The summed E-state index contributed by atoms with van der Waals surface area (Å²) >= 11 is 0. The maximum atomic E-state index is 5.45. The third-order valence-corrected chi connectivity index (χ3v) is 2.66. The van der Waals surface area contributed by atoms with Crippen LogP contribution in [0.5, 0.6) is 5.75 Å². The van der Waals surface area contributed by atoms with E-state index in [1.807, 2.05) is 12.1 Å². The van der Waals surface area contributed by atoms with Crippen LogP contribution >= 0.6 is 0 Å². The summed E-state index contributed by atoms with van der Waals surface area (Å²) < 4.78 is 5.45. The molecule has 1 nitrogen and oxygen atoms in total. The van der Waals surface area contributed by atoms with Gasteiger partial charge in [0.1, 0.15) is 12.4 Å². The van der Waals surface area contributed by atoms with Crippen molar-refractivity contribution >= 4 is 0 Å². The second-order valence-corrected chi connectivity index (χ2v) is 3.82. The quantitative estimate of drug-likeness (QED) is 0.689. The minimum Gasteiger partial charge on any atom is -0.490 e. The van der Waals surface area contributed by atoms with E-state index in [9.17, 15) is 0 Å². The van der Waals surface area contributed by atoms with Crippen LogP contribution in [0.3, 0.4) is 0 Å². The van der Waals surface area contributed by atoms with Crippen molar-refractivity contribution in [3.63, 3.8) is 0 Å². The van der Waals surface area contributed by atoms with Crippen LogP contribution in [0.15, 0.2) is 61.2 Å². The van der Waals surface area contributed by atoms with Crippen molar-refractivity contribution in [1.29, 1.82) is 0 Å². The zero-order valence-electron chi connectivity index (χ0n) is 9.30. The predicted molar refractivity (Wildman–Crippen MR) is 67.8 cm³/mol. The molecule has 16 heavy (non-hydrogen) atoms. The number of hydrogen-bond acceptors (Lipinski definition) is 1. The molecule has 0 amide bonds. The second kappa shape index (κ2) is 5.36. The molecule has 1 aromatic rings. The van der Waals surface area contributed by atoms with E-state index >= 15 is 0 Å². The first-order valence-corrected chi connectivity index (χ1v) is 5.57. The Balaban J connectivity index is 2.04. The van der Waals surface area contributed by atoms with Gasteiger partial charge in [0, 0.05) is 5.92 Å². The summed E-state index contributed by atoms with van der Waals surface area (Å²) in [5.41, 5.74) is 1.34. The van der Waals surface area contributed by atoms with Crippen LogP contribution in [0.2, 0.25) is 0 Å². The fourth-order valence-corrected chi connectivity index (χ4v) is 1.79. The van der Waals surface area contributed by atoms with E-state index < -0.39 is 0 Å². The molecule has 0 fully saturated rings. The summed E-state index contributed by atoms with van der Waals surface area (Å²) in [6.45, 7) is 4.19. The van der Waals surface area contributed by atoms with E-state index in [4.69, 9.17) is 4.74 Å². The van der Waals surface area contributed by atoms with E-state index in [2.05, 4.69) is 43.0 Å². The van der Waals surface area contributed by atoms with Crippen LogP contribution in [0, 0.1) is 0 Å². The van der Waals surface area contributed by atoms with Crippen molar-refractivity contribution in [1.82, 2.24) is 0 Å². The SMILES string of the molecule is C=CCOc1ccc(C2C=CC=CC2)cc1. The van der Waals surface area contributed by atoms with Gasteiger partial charge in [-0.15, -0.1) is 0 Å². The van der Waals surface area contributed by atoms with Gasteiger partial charge in [-0.2, -0.15) is 0 Å². The molecule has 0 aromatic heterocycles. The normalized spacial score (nSPS) is 18.4. The molecule has 0 aliphatic heterocycles. The molecule has 0 saturated heterocycles. The molecule has 0 spiro atoms. The minimum absolute atomic E-state index is 0.512. The Morgan fingerprint density at radius 2 is 2.06 bits per heavy atom. The molecule has 0 saturated carbocycles. The summed E-state index contributed by atoms with van der Waals surface area (Å²) in [4.78, 5) is 0. The van der Waals surface area contributed by atoms with Gasteiger partial charge in [-0.05, 0) is 24.1 Å². The van der Waals surface area contributed by atoms with Crippen molar-refractivity contribution < 1.29 is 4.74 Å². The van der Waals surface area contributed by atoms with Crippen LogP contribution in [-0.2, 0) is 0 Å². The van der Waals surface area contributed by atoms with Gasteiger partial charge >= 0.3 is 0 Å². The third kappa shape index (κ3) is 2.63. The maximum Gasteiger partial charge on any atom is 0.119 e. The molecule has 1 heteroatoms. The monoisotopic (exact) mass is 212 g/mol. The molecule has 0 radical (unpaired) electrons. The first kappa shape index (κ1) is 10.7. The minimum atomic E-state index is 0.512. The highest BCUT2D eigenvalue weighted by Gasteiger charge is 2.07. The highest BCUT2D eigenvalue weighted by atomic mass is 16.5. The Morgan fingerprint density at radius 3 is 2.69 bits per heavy atom. The van der Waals surface area contributed by atoms with Gasteiger partial charge in [-0.25, -0.2) is 0 Å². The molecule has 82 valence electrons. The van der Waals surface area contributed by atoms with E-state index in [0.29, 0.717) is 12.5 Å². The zero-order chi connectivity index (χ0) is 11.2. The fraction of sp³-hybridized carbons (Fsp3) is 0.200. The Bertz CT molecular complexity index is 398. The molecule has 1 aromatic carbocycles. The number of hydrogen-bond donors (Lipinski definition) is 0. The van der Waals surface area contributed by atoms with Crippen LogP contribution < -0.4 is 4.74 Å². The van der Waals surface area contributed by atoms with Gasteiger partial charge in [-0.3, -0.25) is 0 Å². The summed E-state index contributed by atoms with van der Waals surface area (Å²) in [6.07, 6.45) is 11.5. The summed E-state index contributed by atoms with van der Waals surface area (Å²) in [5, 5.41) is 0. The fourth-order valence-electron chi connectivity index (χ4n) is 1.79. The third-order valence-electron chi connectivity index (χ3n) is 2.66. The largest absolute Gasteiger partial charge is 0.490 e. The highest BCUT2D eigenvalue weighted by Crippen LogP contribution is 2.26. The molecular weight excluding hydrogens is 196 g/mol. The summed E-state index contributed by atoms with van der Waals surface area (Å²) in [7, 11) is 0. The van der Waals surface area contributed by atoms with Crippen LogP contribution in [0.1, 0.15) is 17.9 Å². The first-order valence-electron chi connectivity index (χ1n) is 5.57. The lowest BCUT2D eigenvalue weighted by molar-refractivity contribution is 0.363. The average molecular weight is 212 g/mol. The van der Waals surface area contributed by atoms with E-state index in [1.165, 1.54) is 5.56 Å². The van der Waals surface area contributed by atoms with Crippen molar-refractivity contribution in [2.45, 2.75) is 12.3 Å². The van der Waals surface area contributed by atoms with Crippen molar-refractivity contribution in [2.24, 2.45) is 0 Å². The Kier molecular flexibility index (Phi) is 3.60. The molecule has 0 N–H and O–H groups in total. The zero-order valence-corrected chi connectivity index (χ0v) is 9.30. The second-order valence-electron chi connectivity index (χ2n) is 3.82. The van der Waals surface area contributed by atoms with Crippen LogP contribution in [0.4, 0.5) is 0 Å². The first-order chi connectivity index (χ1) is 7.90. The molecule has 1 aliphatic carbocycles. The molecule has 0 heterocycles. The van der Waals surface area contributed by atoms with Gasteiger partial charge in [0.05, 0.1) is 0 Å².